The highest BCUT2D eigenvalue weighted by molar-refractivity contribution is 9.10. The maximum absolute atomic E-state index is 12.8. The lowest BCUT2D eigenvalue weighted by molar-refractivity contribution is -0.122. The fourth-order valence-corrected chi connectivity index (χ4v) is 4.08. The summed E-state index contributed by atoms with van der Waals surface area (Å²) in [5.41, 5.74) is 1.91. The van der Waals surface area contributed by atoms with E-state index in [0.29, 0.717) is 30.9 Å². The van der Waals surface area contributed by atoms with Crippen LogP contribution in [0.5, 0.6) is 0 Å². The molecule has 32 heavy (non-hydrogen) atoms. The number of halogens is 1. The lowest BCUT2D eigenvalue weighted by atomic mass is 10.1. The summed E-state index contributed by atoms with van der Waals surface area (Å²) in [5.74, 6) is -0.900. The summed E-state index contributed by atoms with van der Waals surface area (Å²) in [6.45, 7) is 0.851. The van der Waals surface area contributed by atoms with Gasteiger partial charge in [-0.2, -0.15) is 0 Å². The number of imidazole rings is 1. The van der Waals surface area contributed by atoms with Gasteiger partial charge in [-0.1, -0.05) is 18.2 Å². The molecule has 0 unspecified atom stereocenters. The molecule has 164 valence electrons. The smallest absolute Gasteiger partial charge is 0.229 e. The molecule has 0 saturated carbocycles. The molecule has 0 bridgehead atoms. The molecule has 1 saturated heterocycles. The van der Waals surface area contributed by atoms with E-state index in [1.165, 1.54) is 0 Å². The van der Waals surface area contributed by atoms with E-state index in [2.05, 4.69) is 31.5 Å². The molecule has 1 aromatic heterocycles. The van der Waals surface area contributed by atoms with Gasteiger partial charge in [-0.15, -0.1) is 0 Å². The van der Waals surface area contributed by atoms with Gasteiger partial charge in [-0.3, -0.25) is 14.4 Å². The van der Waals surface area contributed by atoms with Crippen LogP contribution in [0.4, 0.5) is 17.1 Å². The summed E-state index contributed by atoms with van der Waals surface area (Å²) >= 11 is 3.46. The molecule has 2 aromatic carbocycles. The van der Waals surface area contributed by atoms with Crippen molar-refractivity contribution >= 4 is 50.7 Å². The van der Waals surface area contributed by atoms with Gasteiger partial charge in [0.15, 0.2) is 0 Å². The van der Waals surface area contributed by atoms with Gasteiger partial charge < -0.3 is 20.1 Å². The summed E-state index contributed by atoms with van der Waals surface area (Å²) in [5, 5.41) is 5.70. The van der Waals surface area contributed by atoms with E-state index < -0.39 is 5.92 Å². The quantitative estimate of drug-likeness (QED) is 0.522. The van der Waals surface area contributed by atoms with Gasteiger partial charge in [0.2, 0.25) is 17.7 Å². The van der Waals surface area contributed by atoms with E-state index in [1.807, 2.05) is 28.8 Å². The monoisotopic (exact) mass is 495 g/mol. The number of benzene rings is 2. The van der Waals surface area contributed by atoms with Gasteiger partial charge in [-0.05, 0) is 46.3 Å². The molecule has 8 nitrogen and oxygen atoms in total. The molecular weight excluding hydrogens is 474 g/mol. The number of aromatic nitrogens is 2. The number of para-hydroxylation sites is 1. The SMILES string of the molecule is O=C(CCn1ccnc1)Nc1cccc(NC(=O)[C@@H]2CC(=O)N(c3ccccc3Br)C2)c1. The molecule has 9 heteroatoms. The largest absolute Gasteiger partial charge is 0.337 e. The van der Waals surface area contributed by atoms with Gasteiger partial charge >= 0.3 is 0 Å². The molecule has 1 aliphatic rings. The van der Waals surface area contributed by atoms with Crippen LogP contribution < -0.4 is 15.5 Å². The zero-order valence-electron chi connectivity index (χ0n) is 17.2. The molecule has 0 aliphatic carbocycles. The number of hydrogen-bond acceptors (Lipinski definition) is 4. The summed E-state index contributed by atoms with van der Waals surface area (Å²) < 4.78 is 2.64. The lowest BCUT2D eigenvalue weighted by Gasteiger charge is -2.18. The van der Waals surface area contributed by atoms with Crippen LogP contribution in [0.3, 0.4) is 0 Å². The molecule has 1 atom stereocenters. The maximum atomic E-state index is 12.8. The van der Waals surface area contributed by atoms with Crippen LogP contribution in [0.1, 0.15) is 12.8 Å². The summed E-state index contributed by atoms with van der Waals surface area (Å²) in [4.78, 5) is 43.1. The van der Waals surface area contributed by atoms with Crippen molar-refractivity contribution in [3.05, 3.63) is 71.7 Å². The molecule has 1 aliphatic heterocycles. The average Bonchev–Trinajstić information content (AvgIpc) is 3.43. The van der Waals surface area contributed by atoms with Crippen molar-refractivity contribution in [1.82, 2.24) is 9.55 Å². The van der Waals surface area contributed by atoms with Crippen LogP contribution in [0.2, 0.25) is 0 Å². The highest BCUT2D eigenvalue weighted by atomic mass is 79.9. The molecule has 0 spiro atoms. The topological polar surface area (TPSA) is 96.3 Å². The van der Waals surface area contributed by atoms with E-state index >= 15 is 0 Å². The van der Waals surface area contributed by atoms with Crippen LogP contribution in [0.25, 0.3) is 0 Å². The number of nitrogens with zero attached hydrogens (tertiary/aromatic N) is 3. The first-order valence-corrected chi connectivity index (χ1v) is 11.0. The van der Waals surface area contributed by atoms with Crippen LogP contribution in [-0.4, -0.2) is 33.8 Å². The molecule has 0 radical (unpaired) electrons. The Morgan fingerprint density at radius 2 is 1.88 bits per heavy atom. The number of amides is 3. The van der Waals surface area contributed by atoms with Crippen LogP contribution >= 0.6 is 15.9 Å². The second-order valence-electron chi connectivity index (χ2n) is 7.53. The van der Waals surface area contributed by atoms with Crippen molar-refractivity contribution in [3.63, 3.8) is 0 Å². The second-order valence-corrected chi connectivity index (χ2v) is 8.38. The molecule has 4 rings (SSSR count). The first-order valence-electron chi connectivity index (χ1n) is 10.2. The molecule has 3 amide bonds. The first-order chi connectivity index (χ1) is 15.5. The summed E-state index contributed by atoms with van der Waals surface area (Å²) in [7, 11) is 0. The Morgan fingerprint density at radius 1 is 1.09 bits per heavy atom. The molecule has 1 fully saturated rings. The standard InChI is InChI=1S/C23H22BrN5O3/c24-19-6-1-2-7-20(19)29-14-16(12-22(29)31)23(32)27-18-5-3-4-17(13-18)26-21(30)8-10-28-11-9-25-15-28/h1-7,9,11,13,15-16H,8,10,12,14H2,(H,26,30)(H,27,32)/t16-/m1/s1. The van der Waals surface area contributed by atoms with Crippen LogP contribution in [0.15, 0.2) is 71.7 Å². The number of aryl methyl sites for hydroxylation is 1. The zero-order valence-corrected chi connectivity index (χ0v) is 18.8. The Kier molecular flexibility index (Phi) is 6.65. The van der Waals surface area contributed by atoms with Crippen molar-refractivity contribution in [2.75, 3.05) is 22.1 Å². The minimum absolute atomic E-state index is 0.0871. The third kappa shape index (κ3) is 5.23. The van der Waals surface area contributed by atoms with E-state index in [4.69, 9.17) is 0 Å². The fraction of sp³-hybridized carbons (Fsp3) is 0.217. The fourth-order valence-electron chi connectivity index (χ4n) is 3.58. The average molecular weight is 496 g/mol. The Labute approximate surface area is 193 Å². The van der Waals surface area contributed by atoms with Gasteiger partial charge in [0, 0.05) is 54.2 Å². The minimum Gasteiger partial charge on any atom is -0.337 e. The molecule has 2 N–H and O–H groups in total. The highest BCUT2D eigenvalue weighted by Gasteiger charge is 2.35. The van der Waals surface area contributed by atoms with E-state index in [1.54, 1.807) is 47.9 Å². The van der Waals surface area contributed by atoms with Crippen LogP contribution in [0, 0.1) is 5.92 Å². The van der Waals surface area contributed by atoms with Gasteiger partial charge in [0.25, 0.3) is 0 Å². The number of nitrogens with one attached hydrogen (secondary N) is 2. The van der Waals surface area contributed by atoms with E-state index in [9.17, 15) is 14.4 Å². The van der Waals surface area contributed by atoms with Crippen molar-refractivity contribution in [2.45, 2.75) is 19.4 Å². The highest BCUT2D eigenvalue weighted by Crippen LogP contribution is 2.31. The predicted molar refractivity (Wildman–Crippen MR) is 125 cm³/mol. The van der Waals surface area contributed by atoms with Crippen molar-refractivity contribution < 1.29 is 14.4 Å². The van der Waals surface area contributed by atoms with Crippen molar-refractivity contribution in [3.8, 4) is 0 Å². The lowest BCUT2D eigenvalue weighted by Crippen LogP contribution is -2.28. The number of rotatable bonds is 7. The predicted octanol–water partition coefficient (Wildman–Crippen LogP) is 3.67. The van der Waals surface area contributed by atoms with Crippen molar-refractivity contribution in [2.24, 2.45) is 5.92 Å². The molecular formula is C23H22BrN5O3. The van der Waals surface area contributed by atoms with Crippen LogP contribution in [-0.2, 0) is 20.9 Å². The number of hydrogen-bond donors (Lipinski definition) is 2. The van der Waals surface area contributed by atoms with Gasteiger partial charge in [-0.25, -0.2) is 4.98 Å². The third-order valence-electron chi connectivity index (χ3n) is 5.21. The summed E-state index contributed by atoms with van der Waals surface area (Å²) in [6.07, 6.45) is 5.59. The normalized spacial score (nSPS) is 15.6. The number of carbonyl (C=O) groups excluding carboxylic acids is 3. The summed E-state index contributed by atoms with van der Waals surface area (Å²) in [6, 6.07) is 14.4. The molecule has 2 heterocycles. The molecule has 3 aromatic rings. The van der Waals surface area contributed by atoms with E-state index in [-0.39, 0.29) is 24.1 Å². The maximum Gasteiger partial charge on any atom is 0.229 e. The number of carbonyl (C=O) groups is 3. The Hall–Kier alpha value is -3.46. The van der Waals surface area contributed by atoms with E-state index in [0.717, 1.165) is 10.2 Å². The van der Waals surface area contributed by atoms with Crippen molar-refractivity contribution in [1.29, 1.82) is 0 Å². The first kappa shape index (κ1) is 21.8. The third-order valence-corrected chi connectivity index (χ3v) is 5.88. The van der Waals surface area contributed by atoms with Gasteiger partial charge in [0.1, 0.15) is 0 Å². The Morgan fingerprint density at radius 3 is 2.62 bits per heavy atom. The van der Waals surface area contributed by atoms with Gasteiger partial charge in [0.05, 0.1) is 17.9 Å². The minimum atomic E-state index is -0.456. The second kappa shape index (κ2) is 9.78. The number of anilines is 3. The zero-order chi connectivity index (χ0) is 22.5. The Balaban J connectivity index is 1.34. The Bertz CT molecular complexity index is 1130.